The van der Waals surface area contributed by atoms with Crippen LogP contribution in [0.1, 0.15) is 36.6 Å². The maximum Gasteiger partial charge on any atom is 0.338 e. The predicted octanol–water partition coefficient (Wildman–Crippen LogP) is 3.68. The predicted molar refractivity (Wildman–Crippen MR) is 140 cm³/mol. The van der Waals surface area contributed by atoms with Crippen LogP contribution in [0.4, 0.5) is 0 Å². The Kier molecular flexibility index (Phi) is 7.55. The quantitative estimate of drug-likeness (QED) is 0.345. The molecule has 36 heavy (non-hydrogen) atoms. The van der Waals surface area contributed by atoms with Gasteiger partial charge in [0, 0.05) is 0 Å². The van der Waals surface area contributed by atoms with E-state index in [1.165, 1.54) is 11.3 Å². The molecule has 0 fully saturated rings. The smallest absolute Gasteiger partial charge is 0.338 e. The molecule has 0 unspecified atom stereocenters. The Morgan fingerprint density at radius 3 is 2.53 bits per heavy atom. The summed E-state index contributed by atoms with van der Waals surface area (Å²) in [6.07, 6.45) is 3.52. The van der Waals surface area contributed by atoms with Crippen molar-refractivity contribution >= 4 is 23.4 Å². The number of methoxy groups -OCH3 is 1. The first kappa shape index (κ1) is 25.2. The van der Waals surface area contributed by atoms with Crippen molar-refractivity contribution in [1.82, 2.24) is 4.57 Å². The number of allylic oxidation sites excluding steroid dienone is 1. The molecule has 2 heterocycles. The highest BCUT2D eigenvalue weighted by atomic mass is 32.1. The monoisotopic (exact) mass is 504 g/mol. The van der Waals surface area contributed by atoms with E-state index in [1.807, 2.05) is 55.5 Å². The van der Waals surface area contributed by atoms with Crippen LogP contribution in [0.5, 0.6) is 11.5 Å². The lowest BCUT2D eigenvalue weighted by Gasteiger charge is -2.24. The van der Waals surface area contributed by atoms with Gasteiger partial charge in [-0.2, -0.15) is 0 Å². The van der Waals surface area contributed by atoms with Crippen molar-refractivity contribution in [3.05, 3.63) is 103 Å². The van der Waals surface area contributed by atoms with Gasteiger partial charge in [0.25, 0.3) is 5.56 Å². The summed E-state index contributed by atoms with van der Waals surface area (Å²) in [6, 6.07) is 12.4. The van der Waals surface area contributed by atoms with Crippen LogP contribution in [0.25, 0.3) is 6.08 Å². The molecule has 7 nitrogen and oxygen atoms in total. The number of fused-ring (bicyclic) bond motifs is 1. The van der Waals surface area contributed by atoms with Crippen molar-refractivity contribution in [3.63, 3.8) is 0 Å². The standard InChI is InChI=1S/C28H28N2O5S/c1-6-14-35-21-11-8-19(9-12-21)25-24(27(32)34-7-2)18(4)29-28-30(25)26(31)23(36-28)16-20-10-13-22(33-5)15-17(20)3/h6,8-13,15-16,25H,1,7,14H2,2-5H3/t25-/m1/s1. The fraction of sp³-hybridized carbons (Fsp3) is 0.250. The minimum Gasteiger partial charge on any atom is -0.497 e. The zero-order valence-electron chi connectivity index (χ0n) is 20.7. The zero-order valence-corrected chi connectivity index (χ0v) is 21.6. The van der Waals surface area contributed by atoms with Gasteiger partial charge >= 0.3 is 5.97 Å². The van der Waals surface area contributed by atoms with Crippen molar-refractivity contribution in [2.24, 2.45) is 4.99 Å². The largest absolute Gasteiger partial charge is 0.497 e. The first-order valence-electron chi connectivity index (χ1n) is 11.6. The Morgan fingerprint density at radius 1 is 1.17 bits per heavy atom. The fourth-order valence-electron chi connectivity index (χ4n) is 4.09. The minimum absolute atomic E-state index is 0.220. The van der Waals surface area contributed by atoms with Gasteiger partial charge in [0.15, 0.2) is 4.80 Å². The normalized spacial score (nSPS) is 15.2. The van der Waals surface area contributed by atoms with Crippen LogP contribution >= 0.6 is 11.3 Å². The van der Waals surface area contributed by atoms with Gasteiger partial charge in [0.1, 0.15) is 18.1 Å². The van der Waals surface area contributed by atoms with Crippen LogP contribution < -0.4 is 24.4 Å². The summed E-state index contributed by atoms with van der Waals surface area (Å²) in [5.74, 6) is 0.928. The molecule has 1 atom stereocenters. The maximum atomic E-state index is 13.7. The van der Waals surface area contributed by atoms with Gasteiger partial charge in [-0.15, -0.1) is 0 Å². The van der Waals surface area contributed by atoms with Crippen LogP contribution in [0.3, 0.4) is 0 Å². The van der Waals surface area contributed by atoms with Crippen LogP contribution in [0.15, 0.2) is 76.2 Å². The number of aromatic nitrogens is 1. The Bertz CT molecular complexity index is 1510. The maximum absolute atomic E-state index is 13.7. The summed E-state index contributed by atoms with van der Waals surface area (Å²) < 4.78 is 18.3. The summed E-state index contributed by atoms with van der Waals surface area (Å²) >= 11 is 1.29. The minimum atomic E-state index is -0.673. The summed E-state index contributed by atoms with van der Waals surface area (Å²) in [6.45, 7) is 9.75. The molecule has 8 heteroatoms. The van der Waals surface area contributed by atoms with Gasteiger partial charge in [0.2, 0.25) is 0 Å². The second-order valence-electron chi connectivity index (χ2n) is 8.19. The Hall–Kier alpha value is -3.91. The average molecular weight is 505 g/mol. The van der Waals surface area contributed by atoms with Crippen molar-refractivity contribution in [2.75, 3.05) is 20.3 Å². The van der Waals surface area contributed by atoms with Crippen LogP contribution in [0.2, 0.25) is 0 Å². The first-order valence-corrected chi connectivity index (χ1v) is 12.4. The molecular formula is C28H28N2O5S. The molecule has 4 rings (SSSR count). The number of carbonyl (C=O) groups is 1. The molecular weight excluding hydrogens is 476 g/mol. The molecule has 0 bridgehead atoms. The molecule has 0 radical (unpaired) electrons. The van der Waals surface area contributed by atoms with Crippen molar-refractivity contribution in [3.8, 4) is 11.5 Å². The number of rotatable bonds is 8. The highest BCUT2D eigenvalue weighted by Crippen LogP contribution is 2.31. The number of thiazole rings is 1. The third-order valence-electron chi connectivity index (χ3n) is 5.84. The van der Waals surface area contributed by atoms with E-state index in [9.17, 15) is 9.59 Å². The van der Waals surface area contributed by atoms with Crippen LogP contribution in [-0.4, -0.2) is 30.9 Å². The zero-order chi connectivity index (χ0) is 25.8. The first-order chi connectivity index (χ1) is 17.4. The summed E-state index contributed by atoms with van der Waals surface area (Å²) in [5.41, 5.74) is 3.29. The van der Waals surface area contributed by atoms with Gasteiger partial charge in [-0.05, 0) is 67.8 Å². The third-order valence-corrected chi connectivity index (χ3v) is 6.83. The van der Waals surface area contributed by atoms with Crippen LogP contribution in [0, 0.1) is 6.92 Å². The third kappa shape index (κ3) is 4.90. The molecule has 3 aromatic rings. The van der Waals surface area contributed by atoms with E-state index in [2.05, 4.69) is 11.6 Å². The van der Waals surface area contributed by atoms with Gasteiger partial charge in [-0.1, -0.05) is 42.2 Å². The van der Waals surface area contributed by atoms with E-state index in [1.54, 1.807) is 31.6 Å². The fourth-order valence-corrected chi connectivity index (χ4v) is 5.12. The van der Waals surface area contributed by atoms with Gasteiger partial charge in [-0.25, -0.2) is 9.79 Å². The Labute approximate surface area is 213 Å². The van der Waals surface area contributed by atoms with E-state index in [0.29, 0.717) is 33.0 Å². The molecule has 2 aromatic carbocycles. The van der Waals surface area contributed by atoms with E-state index in [4.69, 9.17) is 14.2 Å². The average Bonchev–Trinajstić information content (AvgIpc) is 3.17. The topological polar surface area (TPSA) is 79.1 Å². The number of hydrogen-bond donors (Lipinski definition) is 0. The van der Waals surface area contributed by atoms with Gasteiger partial charge < -0.3 is 14.2 Å². The number of ether oxygens (including phenoxy) is 3. The Morgan fingerprint density at radius 2 is 1.89 bits per heavy atom. The molecule has 0 N–H and O–H groups in total. The lowest BCUT2D eigenvalue weighted by molar-refractivity contribution is -0.139. The molecule has 0 aliphatic carbocycles. The van der Waals surface area contributed by atoms with E-state index in [-0.39, 0.29) is 12.2 Å². The van der Waals surface area contributed by atoms with Gasteiger partial charge in [0.05, 0.1) is 35.6 Å². The SMILES string of the molecule is C=CCOc1ccc([C@@H]2C(C(=O)OCC)=C(C)N=c3sc(=Cc4ccc(OC)cc4C)c(=O)n32)cc1. The van der Waals surface area contributed by atoms with E-state index in [0.717, 1.165) is 22.4 Å². The molecule has 1 aliphatic rings. The molecule has 0 saturated heterocycles. The van der Waals surface area contributed by atoms with Crippen molar-refractivity contribution in [2.45, 2.75) is 26.8 Å². The number of esters is 1. The summed E-state index contributed by atoms with van der Waals surface area (Å²) in [4.78, 5) is 31.9. The lowest BCUT2D eigenvalue weighted by Crippen LogP contribution is -2.39. The number of aryl methyl sites for hydroxylation is 1. The number of nitrogens with zero attached hydrogens (tertiary/aromatic N) is 2. The molecule has 186 valence electrons. The number of hydrogen-bond acceptors (Lipinski definition) is 7. The van der Waals surface area contributed by atoms with Crippen molar-refractivity contribution in [1.29, 1.82) is 0 Å². The van der Waals surface area contributed by atoms with E-state index >= 15 is 0 Å². The second kappa shape index (κ2) is 10.8. The number of benzene rings is 2. The summed E-state index contributed by atoms with van der Waals surface area (Å²) in [5, 5.41) is 0. The lowest BCUT2D eigenvalue weighted by atomic mass is 9.96. The highest BCUT2D eigenvalue weighted by Gasteiger charge is 2.33. The van der Waals surface area contributed by atoms with Crippen molar-refractivity contribution < 1.29 is 19.0 Å². The Balaban J connectivity index is 1.88. The van der Waals surface area contributed by atoms with Crippen LogP contribution in [-0.2, 0) is 9.53 Å². The van der Waals surface area contributed by atoms with E-state index < -0.39 is 12.0 Å². The molecule has 0 saturated carbocycles. The van der Waals surface area contributed by atoms with Gasteiger partial charge in [-0.3, -0.25) is 9.36 Å². The molecule has 1 aliphatic heterocycles. The number of carbonyl (C=O) groups excluding carboxylic acids is 1. The molecule has 0 amide bonds. The highest BCUT2D eigenvalue weighted by molar-refractivity contribution is 7.07. The molecule has 0 spiro atoms. The summed E-state index contributed by atoms with van der Waals surface area (Å²) in [7, 11) is 1.62. The molecule has 1 aromatic heterocycles. The second-order valence-corrected chi connectivity index (χ2v) is 9.20.